The minimum absolute atomic E-state index is 0.206. The standard InChI is InChI=1S/C6H9NOS/c1-4(2)6(8)7-5(3)9/h1H2,2-3H3,(H,7,8,9). The Kier molecular flexibility index (Phi) is 3.09. The molecule has 9 heavy (non-hydrogen) atoms. The molecule has 0 aliphatic carbocycles. The van der Waals surface area contributed by atoms with Crippen LogP contribution in [0.4, 0.5) is 0 Å². The van der Waals surface area contributed by atoms with Crippen molar-refractivity contribution in [2.45, 2.75) is 13.8 Å². The van der Waals surface area contributed by atoms with Crippen LogP contribution in [0.5, 0.6) is 0 Å². The summed E-state index contributed by atoms with van der Waals surface area (Å²) in [6, 6.07) is 0. The lowest BCUT2D eigenvalue weighted by molar-refractivity contribution is -0.116. The third-order valence-corrected chi connectivity index (χ3v) is 0.779. The molecular weight excluding hydrogens is 134 g/mol. The van der Waals surface area contributed by atoms with Gasteiger partial charge in [-0.2, -0.15) is 0 Å². The Morgan fingerprint density at radius 3 is 2.11 bits per heavy atom. The lowest BCUT2D eigenvalue weighted by Gasteiger charge is -1.98. The van der Waals surface area contributed by atoms with Gasteiger partial charge in [0.1, 0.15) is 0 Å². The van der Waals surface area contributed by atoms with Gasteiger partial charge in [0, 0.05) is 5.57 Å². The van der Waals surface area contributed by atoms with Crippen LogP contribution in [0.3, 0.4) is 0 Å². The first-order valence-corrected chi connectivity index (χ1v) is 2.92. The van der Waals surface area contributed by atoms with Crippen LogP contribution < -0.4 is 5.32 Å². The van der Waals surface area contributed by atoms with Crippen molar-refractivity contribution >= 4 is 23.1 Å². The molecule has 2 nitrogen and oxygen atoms in total. The lowest BCUT2D eigenvalue weighted by Crippen LogP contribution is -2.26. The number of rotatable bonds is 1. The predicted octanol–water partition coefficient (Wildman–Crippen LogP) is 1.03. The van der Waals surface area contributed by atoms with Crippen molar-refractivity contribution in [3.8, 4) is 0 Å². The van der Waals surface area contributed by atoms with Crippen LogP contribution in [0.25, 0.3) is 0 Å². The Hall–Kier alpha value is -0.700. The molecule has 0 atom stereocenters. The fourth-order valence-corrected chi connectivity index (χ4v) is 0.359. The molecule has 3 heteroatoms. The van der Waals surface area contributed by atoms with E-state index < -0.39 is 0 Å². The molecule has 0 bridgehead atoms. The van der Waals surface area contributed by atoms with Crippen LogP contribution in [0, 0.1) is 0 Å². The molecule has 0 saturated carbocycles. The van der Waals surface area contributed by atoms with E-state index in [4.69, 9.17) is 0 Å². The summed E-state index contributed by atoms with van der Waals surface area (Å²) < 4.78 is 0. The second-order valence-corrected chi connectivity index (χ2v) is 2.40. The molecule has 0 rings (SSSR count). The number of nitrogens with one attached hydrogen (secondary N) is 1. The molecule has 1 N–H and O–H groups in total. The Balaban J connectivity index is 3.79. The number of hydrogen-bond acceptors (Lipinski definition) is 2. The number of carbonyl (C=O) groups is 1. The Labute approximate surface area is 59.9 Å². The quantitative estimate of drug-likeness (QED) is 0.438. The van der Waals surface area contributed by atoms with Crippen LogP contribution in [0.1, 0.15) is 13.8 Å². The molecule has 0 aromatic carbocycles. The molecule has 0 aliphatic heterocycles. The number of hydrogen-bond donors (Lipinski definition) is 1. The minimum atomic E-state index is -0.206. The zero-order valence-corrected chi connectivity index (χ0v) is 6.34. The third kappa shape index (κ3) is 3.85. The molecule has 0 saturated heterocycles. The van der Waals surface area contributed by atoms with E-state index in [1.165, 1.54) is 0 Å². The third-order valence-electron chi connectivity index (χ3n) is 0.677. The second kappa shape index (κ2) is 3.35. The Bertz CT molecular complexity index is 162. The van der Waals surface area contributed by atoms with Crippen molar-refractivity contribution in [3.63, 3.8) is 0 Å². The van der Waals surface area contributed by atoms with Crippen LogP contribution in [0.15, 0.2) is 12.2 Å². The van der Waals surface area contributed by atoms with Gasteiger partial charge in [0.15, 0.2) is 0 Å². The summed E-state index contributed by atoms with van der Waals surface area (Å²) in [4.78, 5) is 11.1. The summed E-state index contributed by atoms with van der Waals surface area (Å²) in [5, 5.41) is 2.44. The van der Waals surface area contributed by atoms with E-state index in [2.05, 4.69) is 24.1 Å². The fraction of sp³-hybridized carbons (Fsp3) is 0.333. The molecule has 0 heterocycles. The smallest absolute Gasteiger partial charge is 0.251 e. The van der Waals surface area contributed by atoms with Crippen molar-refractivity contribution in [1.82, 2.24) is 5.32 Å². The van der Waals surface area contributed by atoms with Crippen molar-refractivity contribution < 1.29 is 4.79 Å². The van der Waals surface area contributed by atoms with Crippen LogP contribution in [0.2, 0.25) is 0 Å². The molecule has 0 aliphatic rings. The molecule has 0 spiro atoms. The summed E-state index contributed by atoms with van der Waals surface area (Å²) >= 11 is 4.62. The Morgan fingerprint density at radius 2 is 2.00 bits per heavy atom. The first-order valence-electron chi connectivity index (χ1n) is 2.51. The summed E-state index contributed by atoms with van der Waals surface area (Å²) in [6.07, 6.45) is 0. The highest BCUT2D eigenvalue weighted by Crippen LogP contribution is 1.84. The van der Waals surface area contributed by atoms with Crippen LogP contribution in [-0.2, 0) is 4.79 Å². The van der Waals surface area contributed by atoms with Crippen molar-refractivity contribution in [2.24, 2.45) is 0 Å². The average Bonchev–Trinajstić information content (AvgIpc) is 1.63. The topological polar surface area (TPSA) is 29.1 Å². The highest BCUT2D eigenvalue weighted by molar-refractivity contribution is 7.80. The summed E-state index contributed by atoms with van der Waals surface area (Å²) in [7, 11) is 0. The maximum absolute atomic E-state index is 10.7. The van der Waals surface area contributed by atoms with Gasteiger partial charge >= 0.3 is 0 Å². The van der Waals surface area contributed by atoms with Crippen molar-refractivity contribution in [3.05, 3.63) is 12.2 Å². The van der Waals surface area contributed by atoms with Gasteiger partial charge in [0.05, 0.1) is 4.99 Å². The monoisotopic (exact) mass is 143 g/mol. The van der Waals surface area contributed by atoms with Gasteiger partial charge in [-0.05, 0) is 13.8 Å². The van der Waals surface area contributed by atoms with Crippen molar-refractivity contribution in [2.75, 3.05) is 0 Å². The first kappa shape index (κ1) is 8.30. The normalized spacial score (nSPS) is 8.22. The molecule has 0 aromatic heterocycles. The summed E-state index contributed by atoms with van der Waals surface area (Å²) in [5.41, 5.74) is 0.471. The van der Waals surface area contributed by atoms with E-state index in [0.717, 1.165) is 0 Å². The summed E-state index contributed by atoms with van der Waals surface area (Å²) in [6.45, 7) is 6.72. The van der Waals surface area contributed by atoms with E-state index in [0.29, 0.717) is 10.6 Å². The highest BCUT2D eigenvalue weighted by atomic mass is 32.1. The van der Waals surface area contributed by atoms with Crippen LogP contribution in [-0.4, -0.2) is 10.9 Å². The van der Waals surface area contributed by atoms with Gasteiger partial charge in [-0.1, -0.05) is 18.8 Å². The highest BCUT2D eigenvalue weighted by Gasteiger charge is 1.98. The van der Waals surface area contributed by atoms with E-state index in [9.17, 15) is 4.79 Å². The second-order valence-electron chi connectivity index (χ2n) is 1.79. The lowest BCUT2D eigenvalue weighted by atomic mass is 10.3. The van der Waals surface area contributed by atoms with E-state index in [-0.39, 0.29) is 5.91 Å². The first-order chi connectivity index (χ1) is 4.04. The predicted molar refractivity (Wildman–Crippen MR) is 41.2 cm³/mol. The zero-order chi connectivity index (χ0) is 7.44. The maximum atomic E-state index is 10.7. The SMILES string of the molecule is C=C(C)C(=O)NC(C)=S. The van der Waals surface area contributed by atoms with Gasteiger partial charge in [-0.3, -0.25) is 4.79 Å². The molecule has 0 aromatic rings. The van der Waals surface area contributed by atoms with Crippen molar-refractivity contribution in [1.29, 1.82) is 0 Å². The van der Waals surface area contributed by atoms with Gasteiger partial charge in [-0.25, -0.2) is 0 Å². The maximum Gasteiger partial charge on any atom is 0.251 e. The Morgan fingerprint density at radius 1 is 1.56 bits per heavy atom. The van der Waals surface area contributed by atoms with E-state index in [1.54, 1.807) is 13.8 Å². The fourth-order valence-electron chi connectivity index (χ4n) is 0.267. The molecule has 0 unspecified atom stereocenters. The molecular formula is C6H9NOS. The largest absolute Gasteiger partial charge is 0.317 e. The van der Waals surface area contributed by atoms with E-state index in [1.807, 2.05) is 0 Å². The van der Waals surface area contributed by atoms with Crippen LogP contribution >= 0.6 is 12.2 Å². The summed E-state index contributed by atoms with van der Waals surface area (Å²) in [5.74, 6) is -0.206. The van der Waals surface area contributed by atoms with Gasteiger partial charge in [-0.15, -0.1) is 0 Å². The molecule has 0 radical (unpaired) electrons. The number of carbonyl (C=O) groups excluding carboxylic acids is 1. The molecule has 50 valence electrons. The van der Waals surface area contributed by atoms with Gasteiger partial charge in [0.2, 0.25) is 0 Å². The van der Waals surface area contributed by atoms with Gasteiger partial charge in [0.25, 0.3) is 5.91 Å². The average molecular weight is 143 g/mol. The van der Waals surface area contributed by atoms with Gasteiger partial charge < -0.3 is 5.32 Å². The minimum Gasteiger partial charge on any atom is -0.317 e. The van der Waals surface area contributed by atoms with E-state index >= 15 is 0 Å². The molecule has 1 amide bonds. The number of amides is 1. The zero-order valence-electron chi connectivity index (χ0n) is 5.52. The molecule has 0 fully saturated rings. The number of thiocarbonyl (C=S) groups is 1.